The van der Waals surface area contributed by atoms with Crippen LogP contribution in [0.2, 0.25) is 0 Å². The highest BCUT2D eigenvalue weighted by Crippen LogP contribution is 2.43. The first-order valence-corrected chi connectivity index (χ1v) is 7.00. The highest BCUT2D eigenvalue weighted by Gasteiger charge is 2.35. The first kappa shape index (κ1) is 11.6. The van der Waals surface area contributed by atoms with Crippen LogP contribution >= 0.6 is 0 Å². The molecule has 2 heteroatoms. The minimum Gasteiger partial charge on any atom is -0.494 e. The zero-order valence-corrected chi connectivity index (χ0v) is 10.9. The van der Waals surface area contributed by atoms with Gasteiger partial charge in [0.1, 0.15) is 5.75 Å². The molecule has 0 radical (unpaired) electrons. The lowest BCUT2D eigenvalue weighted by atomic mass is 9.93. The number of ether oxygens (including phenoxy) is 1. The molecule has 0 spiro atoms. The Morgan fingerprint density at radius 2 is 2.00 bits per heavy atom. The minimum atomic E-state index is 0.726. The highest BCUT2D eigenvalue weighted by molar-refractivity contribution is 5.46. The summed E-state index contributed by atoms with van der Waals surface area (Å²) in [6, 6.07) is 8.28. The molecule has 1 fully saturated rings. The third kappa shape index (κ3) is 2.38. The first-order chi connectivity index (χ1) is 8.85. The fourth-order valence-electron chi connectivity index (χ4n) is 3.21. The Hall–Kier alpha value is -1.44. The van der Waals surface area contributed by atoms with Crippen molar-refractivity contribution in [1.29, 1.82) is 0 Å². The van der Waals surface area contributed by atoms with Crippen molar-refractivity contribution in [2.45, 2.75) is 19.8 Å². The Labute approximate surface area is 109 Å². The molecule has 1 aromatic rings. The van der Waals surface area contributed by atoms with E-state index in [2.05, 4.69) is 29.6 Å². The van der Waals surface area contributed by atoms with Crippen LogP contribution in [0, 0.1) is 17.8 Å². The quantitative estimate of drug-likeness (QED) is 0.796. The highest BCUT2D eigenvalue weighted by atomic mass is 16.5. The van der Waals surface area contributed by atoms with E-state index in [0.717, 1.165) is 36.7 Å². The smallest absolute Gasteiger partial charge is 0.119 e. The van der Waals surface area contributed by atoms with Gasteiger partial charge in [0.2, 0.25) is 0 Å². The normalized spacial score (nSPS) is 28.6. The maximum absolute atomic E-state index is 5.44. The summed E-state index contributed by atoms with van der Waals surface area (Å²) in [5, 5.41) is 3.55. The topological polar surface area (TPSA) is 21.3 Å². The summed E-state index contributed by atoms with van der Waals surface area (Å²) in [4.78, 5) is 0. The summed E-state index contributed by atoms with van der Waals surface area (Å²) in [7, 11) is 0. The van der Waals surface area contributed by atoms with Gasteiger partial charge in [0, 0.05) is 12.2 Å². The largest absolute Gasteiger partial charge is 0.494 e. The van der Waals surface area contributed by atoms with Crippen molar-refractivity contribution in [1.82, 2.24) is 0 Å². The average molecular weight is 243 g/mol. The lowest BCUT2D eigenvalue weighted by Crippen LogP contribution is -2.18. The molecule has 2 aliphatic rings. The Balaban J connectivity index is 1.52. The van der Waals surface area contributed by atoms with Gasteiger partial charge in [-0.05, 0) is 61.8 Å². The van der Waals surface area contributed by atoms with Gasteiger partial charge in [0.05, 0.1) is 6.61 Å². The number of hydrogen-bond donors (Lipinski definition) is 1. The predicted octanol–water partition coefficient (Wildman–Crippen LogP) is 3.71. The second-order valence-electron chi connectivity index (χ2n) is 5.38. The molecule has 2 bridgehead atoms. The SMILES string of the molecule is CCOc1ccc(NCC2CC3C=CC2C3)cc1. The number of nitrogens with one attached hydrogen (secondary N) is 1. The maximum Gasteiger partial charge on any atom is 0.119 e. The number of rotatable bonds is 5. The number of benzene rings is 1. The van der Waals surface area contributed by atoms with E-state index in [1.807, 2.05) is 19.1 Å². The molecular weight excluding hydrogens is 222 g/mol. The van der Waals surface area contributed by atoms with E-state index in [1.165, 1.54) is 18.5 Å². The van der Waals surface area contributed by atoms with Gasteiger partial charge >= 0.3 is 0 Å². The molecule has 2 nitrogen and oxygen atoms in total. The van der Waals surface area contributed by atoms with Crippen molar-refractivity contribution in [3.8, 4) is 5.75 Å². The Morgan fingerprint density at radius 1 is 1.17 bits per heavy atom. The zero-order chi connectivity index (χ0) is 12.4. The fraction of sp³-hybridized carbons (Fsp3) is 0.500. The minimum absolute atomic E-state index is 0.726. The van der Waals surface area contributed by atoms with E-state index in [-0.39, 0.29) is 0 Å². The van der Waals surface area contributed by atoms with Gasteiger partial charge in [0.15, 0.2) is 0 Å². The van der Waals surface area contributed by atoms with Crippen molar-refractivity contribution in [3.05, 3.63) is 36.4 Å². The molecule has 1 N–H and O–H groups in total. The molecule has 0 amide bonds. The van der Waals surface area contributed by atoms with Gasteiger partial charge in [-0.2, -0.15) is 0 Å². The number of fused-ring (bicyclic) bond motifs is 2. The van der Waals surface area contributed by atoms with Crippen LogP contribution < -0.4 is 10.1 Å². The van der Waals surface area contributed by atoms with Crippen LogP contribution in [0.5, 0.6) is 5.75 Å². The van der Waals surface area contributed by atoms with Crippen LogP contribution in [0.15, 0.2) is 36.4 Å². The first-order valence-electron chi connectivity index (χ1n) is 7.00. The fourth-order valence-corrected chi connectivity index (χ4v) is 3.21. The summed E-state index contributed by atoms with van der Waals surface area (Å²) in [5.74, 6) is 3.46. The molecule has 3 atom stereocenters. The summed E-state index contributed by atoms with van der Waals surface area (Å²) in [6.45, 7) is 3.83. The zero-order valence-electron chi connectivity index (χ0n) is 10.9. The molecule has 0 aromatic heterocycles. The second kappa shape index (κ2) is 5.05. The Kier molecular flexibility index (Phi) is 3.26. The summed E-state index contributed by atoms with van der Waals surface area (Å²) < 4.78 is 5.44. The van der Waals surface area contributed by atoms with Crippen LogP contribution in [0.4, 0.5) is 5.69 Å². The van der Waals surface area contributed by atoms with Gasteiger partial charge in [0.25, 0.3) is 0 Å². The Bertz CT molecular complexity index is 423. The number of anilines is 1. The van der Waals surface area contributed by atoms with E-state index < -0.39 is 0 Å². The van der Waals surface area contributed by atoms with Crippen LogP contribution in [0.1, 0.15) is 19.8 Å². The molecule has 0 saturated heterocycles. The molecule has 96 valence electrons. The molecule has 0 heterocycles. The van der Waals surface area contributed by atoms with Crippen molar-refractivity contribution < 1.29 is 4.74 Å². The van der Waals surface area contributed by atoms with E-state index >= 15 is 0 Å². The molecule has 3 unspecified atom stereocenters. The van der Waals surface area contributed by atoms with Crippen LogP contribution in [-0.4, -0.2) is 13.2 Å². The van der Waals surface area contributed by atoms with Crippen LogP contribution in [0.25, 0.3) is 0 Å². The molecule has 2 aliphatic carbocycles. The van der Waals surface area contributed by atoms with Gasteiger partial charge in [-0.1, -0.05) is 12.2 Å². The van der Waals surface area contributed by atoms with E-state index in [1.54, 1.807) is 0 Å². The van der Waals surface area contributed by atoms with E-state index in [0.29, 0.717) is 0 Å². The van der Waals surface area contributed by atoms with Crippen molar-refractivity contribution in [3.63, 3.8) is 0 Å². The average Bonchev–Trinajstić information content (AvgIpc) is 3.00. The van der Waals surface area contributed by atoms with E-state index in [9.17, 15) is 0 Å². The predicted molar refractivity (Wildman–Crippen MR) is 74.9 cm³/mol. The van der Waals surface area contributed by atoms with Gasteiger partial charge in [-0.25, -0.2) is 0 Å². The molecule has 1 aromatic carbocycles. The molecule has 1 saturated carbocycles. The standard InChI is InChI=1S/C16H21NO/c1-2-18-16-7-5-15(6-8-16)17-11-14-10-12-3-4-13(14)9-12/h3-8,12-14,17H,2,9-11H2,1H3. The lowest BCUT2D eigenvalue weighted by Gasteiger charge is -2.19. The van der Waals surface area contributed by atoms with Crippen molar-refractivity contribution in [2.75, 3.05) is 18.5 Å². The summed E-state index contributed by atoms with van der Waals surface area (Å²) in [6.07, 6.45) is 7.57. The van der Waals surface area contributed by atoms with Crippen LogP contribution in [-0.2, 0) is 0 Å². The Morgan fingerprint density at radius 3 is 2.61 bits per heavy atom. The van der Waals surface area contributed by atoms with Gasteiger partial charge < -0.3 is 10.1 Å². The second-order valence-corrected chi connectivity index (χ2v) is 5.38. The number of hydrogen-bond acceptors (Lipinski definition) is 2. The molecule has 0 aliphatic heterocycles. The summed E-state index contributed by atoms with van der Waals surface area (Å²) in [5.41, 5.74) is 1.20. The summed E-state index contributed by atoms with van der Waals surface area (Å²) >= 11 is 0. The number of allylic oxidation sites excluding steroid dienone is 2. The maximum atomic E-state index is 5.44. The van der Waals surface area contributed by atoms with Gasteiger partial charge in [-0.15, -0.1) is 0 Å². The van der Waals surface area contributed by atoms with Crippen molar-refractivity contribution in [2.24, 2.45) is 17.8 Å². The van der Waals surface area contributed by atoms with Gasteiger partial charge in [-0.3, -0.25) is 0 Å². The molecule has 18 heavy (non-hydrogen) atoms. The monoisotopic (exact) mass is 243 g/mol. The van der Waals surface area contributed by atoms with Crippen LogP contribution in [0.3, 0.4) is 0 Å². The third-order valence-electron chi connectivity index (χ3n) is 4.15. The molecular formula is C16H21NO. The molecule has 3 rings (SSSR count). The van der Waals surface area contributed by atoms with E-state index in [4.69, 9.17) is 4.74 Å². The van der Waals surface area contributed by atoms with Crippen molar-refractivity contribution >= 4 is 5.69 Å². The third-order valence-corrected chi connectivity index (χ3v) is 4.15. The lowest BCUT2D eigenvalue weighted by molar-refractivity contribution is 0.340.